The van der Waals surface area contributed by atoms with Gasteiger partial charge in [-0.05, 0) is 29.5 Å². The molecule has 1 aromatic carbocycles. The lowest BCUT2D eigenvalue weighted by Crippen LogP contribution is -2.32. The van der Waals surface area contributed by atoms with Crippen LogP contribution in [-0.4, -0.2) is 10.9 Å². The molecule has 2 atom stereocenters. The Bertz CT molecular complexity index is 717. The van der Waals surface area contributed by atoms with Crippen LogP contribution in [0.4, 0.5) is 0 Å². The number of aromatic nitrogens is 1. The highest BCUT2D eigenvalue weighted by molar-refractivity contribution is 6.02. The van der Waals surface area contributed by atoms with Crippen molar-refractivity contribution in [3.63, 3.8) is 0 Å². The number of fused-ring (bicyclic) bond motifs is 2. The van der Waals surface area contributed by atoms with E-state index in [1.54, 1.807) is 0 Å². The number of allylic oxidation sites excluding steroid dienone is 2. The highest BCUT2D eigenvalue weighted by atomic mass is 16.5. The van der Waals surface area contributed by atoms with Crippen LogP contribution in [0.5, 0.6) is 5.88 Å². The summed E-state index contributed by atoms with van der Waals surface area (Å²) in [5.74, 6) is 1.55. The molecule has 0 amide bonds. The van der Waals surface area contributed by atoms with Crippen molar-refractivity contribution >= 4 is 5.78 Å². The first kappa shape index (κ1) is 13.3. The van der Waals surface area contributed by atoms with Gasteiger partial charge in [0.25, 0.3) is 5.88 Å². The van der Waals surface area contributed by atoms with Gasteiger partial charge in [-0.1, -0.05) is 42.5 Å². The lowest BCUT2D eigenvalue weighted by atomic mass is 9.72. The lowest BCUT2D eigenvalue weighted by molar-refractivity contribution is 0.0836. The van der Waals surface area contributed by atoms with Crippen molar-refractivity contribution in [3.05, 3.63) is 59.4 Å². The van der Waals surface area contributed by atoms with E-state index in [1.807, 2.05) is 30.3 Å². The molecule has 4 heteroatoms. The number of nitrogens with zero attached hydrogens (tertiary/aromatic N) is 1. The first-order valence-corrected chi connectivity index (χ1v) is 7.67. The number of Topliss-reactive ketones (excluding diaryl/α,β-unsaturated/α-hetero) is 1. The standard InChI is InChI=1S/C18H17NO3/c20-17-14-9-5-4-8-13(14)10-15-16(17)18(19-22-15)21-11-12-6-2-1-3-7-12/h1-7,13-14H,8-11H2. The Hall–Kier alpha value is -2.36. The Balaban J connectivity index is 1.57. The van der Waals surface area contributed by atoms with Crippen LogP contribution in [0.2, 0.25) is 0 Å². The summed E-state index contributed by atoms with van der Waals surface area (Å²) >= 11 is 0. The summed E-state index contributed by atoms with van der Waals surface area (Å²) in [7, 11) is 0. The second kappa shape index (κ2) is 5.44. The number of ketones is 1. The molecule has 2 unspecified atom stereocenters. The van der Waals surface area contributed by atoms with Crippen molar-refractivity contribution in [1.29, 1.82) is 0 Å². The van der Waals surface area contributed by atoms with Gasteiger partial charge in [0.05, 0.1) is 0 Å². The van der Waals surface area contributed by atoms with Crippen LogP contribution >= 0.6 is 0 Å². The normalized spacial score (nSPS) is 23.0. The molecule has 0 saturated heterocycles. The Morgan fingerprint density at radius 2 is 2.00 bits per heavy atom. The number of ether oxygens (including phenoxy) is 1. The summed E-state index contributed by atoms with van der Waals surface area (Å²) in [6.45, 7) is 0.390. The molecule has 1 aromatic heterocycles. The minimum Gasteiger partial charge on any atom is -0.470 e. The monoisotopic (exact) mass is 295 g/mol. The molecule has 0 fully saturated rings. The molecule has 112 valence electrons. The smallest absolute Gasteiger partial charge is 0.265 e. The maximum Gasteiger partial charge on any atom is 0.265 e. The first-order valence-electron chi connectivity index (χ1n) is 7.67. The molecule has 4 nitrogen and oxygen atoms in total. The molecule has 0 aliphatic heterocycles. The van der Waals surface area contributed by atoms with E-state index in [2.05, 4.69) is 17.3 Å². The maximum absolute atomic E-state index is 12.7. The fraction of sp³-hybridized carbons (Fsp3) is 0.333. The maximum atomic E-state index is 12.7. The van der Waals surface area contributed by atoms with Gasteiger partial charge in [0, 0.05) is 12.3 Å². The quantitative estimate of drug-likeness (QED) is 0.812. The SMILES string of the molecule is O=C1c2c(OCc3ccccc3)noc2CC2CC=CCC12. The van der Waals surface area contributed by atoms with Crippen LogP contribution < -0.4 is 4.74 Å². The van der Waals surface area contributed by atoms with E-state index < -0.39 is 0 Å². The fourth-order valence-corrected chi connectivity index (χ4v) is 3.35. The highest BCUT2D eigenvalue weighted by Gasteiger charge is 2.40. The molecule has 0 N–H and O–H groups in total. The third kappa shape index (κ3) is 2.25. The molecule has 0 bridgehead atoms. The Morgan fingerprint density at radius 3 is 2.86 bits per heavy atom. The number of rotatable bonds is 3. The van der Waals surface area contributed by atoms with Gasteiger partial charge in [-0.2, -0.15) is 0 Å². The van der Waals surface area contributed by atoms with E-state index in [9.17, 15) is 4.79 Å². The average molecular weight is 295 g/mol. The van der Waals surface area contributed by atoms with Crippen LogP contribution in [0.1, 0.15) is 34.5 Å². The Labute approximate surface area is 128 Å². The van der Waals surface area contributed by atoms with Crippen molar-refractivity contribution in [2.75, 3.05) is 0 Å². The summed E-state index contributed by atoms with van der Waals surface area (Å²) in [4.78, 5) is 12.7. The Kier molecular flexibility index (Phi) is 3.29. The zero-order chi connectivity index (χ0) is 14.9. The molecule has 0 spiro atoms. The zero-order valence-electron chi connectivity index (χ0n) is 12.2. The minimum atomic E-state index is 0.0518. The summed E-state index contributed by atoms with van der Waals surface area (Å²) < 4.78 is 11.1. The Morgan fingerprint density at radius 1 is 1.18 bits per heavy atom. The van der Waals surface area contributed by atoms with Crippen molar-refractivity contribution in [2.24, 2.45) is 11.8 Å². The van der Waals surface area contributed by atoms with E-state index in [0.717, 1.165) is 24.8 Å². The minimum absolute atomic E-state index is 0.0518. The van der Waals surface area contributed by atoms with Crippen LogP contribution in [-0.2, 0) is 13.0 Å². The van der Waals surface area contributed by atoms with Gasteiger partial charge in [0.15, 0.2) is 11.5 Å². The zero-order valence-corrected chi connectivity index (χ0v) is 12.2. The van der Waals surface area contributed by atoms with Crippen molar-refractivity contribution in [3.8, 4) is 5.88 Å². The largest absolute Gasteiger partial charge is 0.470 e. The third-order valence-corrected chi connectivity index (χ3v) is 4.55. The molecule has 2 aliphatic rings. The molecule has 1 heterocycles. The second-order valence-corrected chi connectivity index (χ2v) is 5.94. The number of benzene rings is 1. The van der Waals surface area contributed by atoms with E-state index in [-0.39, 0.29) is 11.7 Å². The van der Waals surface area contributed by atoms with Gasteiger partial charge < -0.3 is 9.26 Å². The van der Waals surface area contributed by atoms with Crippen LogP contribution in [0.15, 0.2) is 47.0 Å². The van der Waals surface area contributed by atoms with Gasteiger partial charge >= 0.3 is 0 Å². The molecule has 4 rings (SSSR count). The number of carbonyl (C=O) groups is 1. The second-order valence-electron chi connectivity index (χ2n) is 5.94. The van der Waals surface area contributed by atoms with E-state index in [1.165, 1.54) is 0 Å². The van der Waals surface area contributed by atoms with Crippen molar-refractivity contribution in [1.82, 2.24) is 5.16 Å². The van der Waals surface area contributed by atoms with Gasteiger partial charge in [0.2, 0.25) is 0 Å². The number of hydrogen-bond donors (Lipinski definition) is 0. The highest BCUT2D eigenvalue weighted by Crippen LogP contribution is 2.40. The summed E-state index contributed by atoms with van der Waals surface area (Å²) in [6.07, 6.45) is 6.78. The molecule has 0 saturated carbocycles. The van der Waals surface area contributed by atoms with Gasteiger partial charge in [-0.25, -0.2) is 0 Å². The average Bonchev–Trinajstić information content (AvgIpc) is 2.97. The predicted molar refractivity (Wildman–Crippen MR) is 80.7 cm³/mol. The van der Waals surface area contributed by atoms with Crippen molar-refractivity contribution in [2.45, 2.75) is 25.9 Å². The van der Waals surface area contributed by atoms with Gasteiger partial charge in [0.1, 0.15) is 12.2 Å². The first-order chi connectivity index (χ1) is 10.8. The topological polar surface area (TPSA) is 52.3 Å². The number of hydrogen-bond acceptors (Lipinski definition) is 4. The molecular weight excluding hydrogens is 278 g/mol. The number of carbonyl (C=O) groups excluding carboxylic acids is 1. The van der Waals surface area contributed by atoms with Gasteiger partial charge in [-0.15, -0.1) is 0 Å². The molecule has 0 radical (unpaired) electrons. The van der Waals surface area contributed by atoms with E-state index in [4.69, 9.17) is 9.26 Å². The molecule has 22 heavy (non-hydrogen) atoms. The van der Waals surface area contributed by atoms with Crippen LogP contribution in [0.3, 0.4) is 0 Å². The lowest BCUT2D eigenvalue weighted by Gasteiger charge is -2.30. The molecular formula is C18H17NO3. The van der Waals surface area contributed by atoms with E-state index >= 15 is 0 Å². The third-order valence-electron chi connectivity index (χ3n) is 4.55. The van der Waals surface area contributed by atoms with Crippen molar-refractivity contribution < 1.29 is 14.1 Å². The predicted octanol–water partition coefficient (Wildman–Crippen LogP) is 3.57. The molecule has 2 aliphatic carbocycles. The molecule has 2 aromatic rings. The van der Waals surface area contributed by atoms with Gasteiger partial charge in [-0.3, -0.25) is 4.79 Å². The van der Waals surface area contributed by atoms with Crippen LogP contribution in [0.25, 0.3) is 0 Å². The van der Waals surface area contributed by atoms with Crippen LogP contribution in [0, 0.1) is 11.8 Å². The van der Waals surface area contributed by atoms with E-state index in [0.29, 0.717) is 29.7 Å². The fourth-order valence-electron chi connectivity index (χ4n) is 3.35. The summed E-state index contributed by atoms with van der Waals surface area (Å²) in [5.41, 5.74) is 1.61. The summed E-state index contributed by atoms with van der Waals surface area (Å²) in [6, 6.07) is 9.84. The summed E-state index contributed by atoms with van der Waals surface area (Å²) in [5, 5.41) is 3.98.